The van der Waals surface area contributed by atoms with Crippen molar-refractivity contribution in [3.63, 3.8) is 0 Å². The predicted octanol–water partition coefficient (Wildman–Crippen LogP) is 1.67. The molecule has 0 spiro atoms. The Balaban J connectivity index is 2.40. The topological polar surface area (TPSA) is 93.1 Å². The number of allylic oxidation sites excluding steroid dienone is 1. The lowest BCUT2D eigenvalue weighted by Gasteiger charge is -2.33. The number of fused-ring (bicyclic) bond motifs is 1. The second-order valence-electron chi connectivity index (χ2n) is 6.74. The molecule has 1 heterocycles. The van der Waals surface area contributed by atoms with Crippen molar-refractivity contribution in [2.24, 2.45) is 11.8 Å². The molecule has 6 heteroatoms. The van der Waals surface area contributed by atoms with Gasteiger partial charge in [0.2, 0.25) is 0 Å². The molecule has 2 rings (SSSR count). The number of esters is 2. The van der Waals surface area contributed by atoms with Crippen molar-refractivity contribution in [3.8, 4) is 0 Å². The molecule has 1 aliphatic carbocycles. The maximum atomic E-state index is 12.1. The molecule has 0 saturated carbocycles. The van der Waals surface area contributed by atoms with Crippen LogP contribution in [0.3, 0.4) is 0 Å². The number of aliphatic hydroxyl groups is 2. The van der Waals surface area contributed by atoms with E-state index in [9.17, 15) is 19.8 Å². The van der Waals surface area contributed by atoms with Crippen LogP contribution in [0.2, 0.25) is 0 Å². The van der Waals surface area contributed by atoms with E-state index in [-0.39, 0.29) is 30.3 Å². The van der Waals surface area contributed by atoms with E-state index in [2.05, 4.69) is 13.2 Å². The summed E-state index contributed by atoms with van der Waals surface area (Å²) in [6.45, 7) is 8.67. The van der Waals surface area contributed by atoms with Crippen molar-refractivity contribution in [1.29, 1.82) is 0 Å². The van der Waals surface area contributed by atoms with Gasteiger partial charge in [-0.25, -0.2) is 9.59 Å². The maximum Gasteiger partial charge on any atom is 0.334 e. The quantitative estimate of drug-likeness (QED) is 0.455. The third-order valence-corrected chi connectivity index (χ3v) is 4.85. The Morgan fingerprint density at radius 3 is 2.76 bits per heavy atom. The summed E-state index contributed by atoms with van der Waals surface area (Å²) in [6.07, 6.45) is 3.12. The zero-order valence-electron chi connectivity index (χ0n) is 14.6. The molecule has 25 heavy (non-hydrogen) atoms. The number of carbonyl (C=O) groups excluding carboxylic acids is 2. The first-order chi connectivity index (χ1) is 11.9. The smallest absolute Gasteiger partial charge is 0.334 e. The van der Waals surface area contributed by atoms with Crippen LogP contribution in [-0.4, -0.2) is 47.6 Å². The Morgan fingerprint density at radius 1 is 1.44 bits per heavy atom. The maximum absolute atomic E-state index is 12.1. The number of carbonyl (C=O) groups is 2. The number of hydrogen-bond acceptors (Lipinski definition) is 6. The molecule has 0 amide bonds. The van der Waals surface area contributed by atoms with Crippen LogP contribution >= 0.6 is 0 Å². The number of ether oxygens (including phenoxy) is 2. The number of rotatable bonds is 4. The van der Waals surface area contributed by atoms with Crippen LogP contribution in [0, 0.1) is 11.8 Å². The van der Waals surface area contributed by atoms with Gasteiger partial charge in [0.25, 0.3) is 0 Å². The van der Waals surface area contributed by atoms with Gasteiger partial charge in [0.1, 0.15) is 12.2 Å². The lowest BCUT2D eigenvalue weighted by molar-refractivity contribution is -0.153. The van der Waals surface area contributed by atoms with Crippen LogP contribution in [0.1, 0.15) is 32.6 Å². The van der Waals surface area contributed by atoms with Gasteiger partial charge in [-0.05, 0) is 31.8 Å². The summed E-state index contributed by atoms with van der Waals surface area (Å²) < 4.78 is 11.0. The van der Waals surface area contributed by atoms with Crippen molar-refractivity contribution in [2.45, 2.75) is 44.8 Å². The molecule has 0 aromatic heterocycles. The first-order valence-electron chi connectivity index (χ1n) is 8.54. The van der Waals surface area contributed by atoms with Gasteiger partial charge in [0, 0.05) is 30.1 Å². The minimum atomic E-state index is -0.726. The monoisotopic (exact) mass is 350 g/mol. The molecular weight excluding hydrogens is 324 g/mol. The minimum Gasteiger partial charge on any atom is -0.458 e. The highest BCUT2D eigenvalue weighted by molar-refractivity contribution is 5.91. The molecule has 1 saturated heterocycles. The number of hydrogen-bond donors (Lipinski definition) is 2. The molecule has 138 valence electrons. The molecule has 0 unspecified atom stereocenters. The summed E-state index contributed by atoms with van der Waals surface area (Å²) in [5.74, 6) is -1.98. The van der Waals surface area contributed by atoms with E-state index in [1.54, 1.807) is 6.92 Å². The molecule has 0 aromatic carbocycles. The average molecular weight is 350 g/mol. The molecule has 0 aromatic rings. The van der Waals surface area contributed by atoms with Gasteiger partial charge in [-0.1, -0.05) is 19.2 Å². The van der Waals surface area contributed by atoms with Gasteiger partial charge in [0.05, 0.1) is 12.5 Å². The van der Waals surface area contributed by atoms with E-state index in [0.717, 1.165) is 18.4 Å². The van der Waals surface area contributed by atoms with E-state index in [1.165, 1.54) is 0 Å². The van der Waals surface area contributed by atoms with Crippen LogP contribution in [0.25, 0.3) is 0 Å². The second kappa shape index (κ2) is 8.45. The van der Waals surface area contributed by atoms with E-state index in [4.69, 9.17) is 9.47 Å². The molecule has 1 fully saturated rings. The lowest BCUT2D eigenvalue weighted by atomic mass is 9.79. The van der Waals surface area contributed by atoms with Crippen LogP contribution < -0.4 is 0 Å². The minimum absolute atomic E-state index is 0.118. The fraction of sp³-hybridized carbons (Fsp3) is 0.579. The van der Waals surface area contributed by atoms with Crippen molar-refractivity contribution in [3.05, 3.63) is 36.0 Å². The summed E-state index contributed by atoms with van der Waals surface area (Å²) in [7, 11) is 0. The average Bonchev–Trinajstić information content (AvgIpc) is 2.86. The number of aliphatic hydroxyl groups excluding tert-OH is 2. The third-order valence-electron chi connectivity index (χ3n) is 4.85. The highest BCUT2D eigenvalue weighted by Gasteiger charge is 2.47. The van der Waals surface area contributed by atoms with Gasteiger partial charge in [-0.15, -0.1) is 0 Å². The molecular formula is C19H26O6. The third kappa shape index (κ3) is 4.38. The molecule has 2 N–H and O–H groups in total. The summed E-state index contributed by atoms with van der Waals surface area (Å²) >= 11 is 0. The zero-order chi connectivity index (χ0) is 18.6. The Labute approximate surface area is 147 Å². The molecule has 4 atom stereocenters. The van der Waals surface area contributed by atoms with Gasteiger partial charge < -0.3 is 19.7 Å². The first kappa shape index (κ1) is 19.4. The zero-order valence-corrected chi connectivity index (χ0v) is 14.6. The summed E-state index contributed by atoms with van der Waals surface area (Å²) in [5.41, 5.74) is 1.27. The summed E-state index contributed by atoms with van der Waals surface area (Å²) in [4.78, 5) is 24.2. The summed E-state index contributed by atoms with van der Waals surface area (Å²) in [6, 6.07) is 0. The fourth-order valence-electron chi connectivity index (χ4n) is 3.43. The second-order valence-corrected chi connectivity index (χ2v) is 6.74. The van der Waals surface area contributed by atoms with Crippen LogP contribution in [0.4, 0.5) is 0 Å². The van der Waals surface area contributed by atoms with Crippen molar-refractivity contribution >= 4 is 11.9 Å². The Hall–Kier alpha value is -1.92. The van der Waals surface area contributed by atoms with E-state index in [0.29, 0.717) is 12.8 Å². The van der Waals surface area contributed by atoms with Gasteiger partial charge in [-0.3, -0.25) is 0 Å². The van der Waals surface area contributed by atoms with Gasteiger partial charge in [-0.2, -0.15) is 0 Å². The van der Waals surface area contributed by atoms with Crippen LogP contribution in [0.5, 0.6) is 0 Å². The molecule has 6 nitrogen and oxygen atoms in total. The van der Waals surface area contributed by atoms with Gasteiger partial charge in [0.15, 0.2) is 0 Å². The standard InChI is InChI=1S/C19H26O6/c1-11(2)18(22)25-17-14(10-21)7-5-4-6-13(9-20)8-15-16(17)12(3)19(23)24-15/h6,14-17,20-21H,1,3-5,7-10H2,2H3/b13-6+/t14-,15+,16-,17+/m0/s1. The molecule has 0 radical (unpaired) electrons. The van der Waals surface area contributed by atoms with E-state index in [1.807, 2.05) is 6.08 Å². The van der Waals surface area contributed by atoms with Crippen molar-refractivity contribution in [2.75, 3.05) is 13.2 Å². The summed E-state index contributed by atoms with van der Waals surface area (Å²) in [5, 5.41) is 19.4. The van der Waals surface area contributed by atoms with Gasteiger partial charge >= 0.3 is 11.9 Å². The van der Waals surface area contributed by atoms with Crippen LogP contribution in [0.15, 0.2) is 36.0 Å². The predicted molar refractivity (Wildman–Crippen MR) is 91.4 cm³/mol. The lowest BCUT2D eigenvalue weighted by Crippen LogP contribution is -2.41. The Morgan fingerprint density at radius 2 is 2.16 bits per heavy atom. The fourth-order valence-corrected chi connectivity index (χ4v) is 3.43. The molecule has 1 aliphatic heterocycles. The normalized spacial score (nSPS) is 32.2. The van der Waals surface area contributed by atoms with Crippen LogP contribution in [-0.2, 0) is 19.1 Å². The van der Waals surface area contributed by atoms with E-state index < -0.39 is 30.1 Å². The van der Waals surface area contributed by atoms with Crippen molar-refractivity contribution in [1.82, 2.24) is 0 Å². The van der Waals surface area contributed by atoms with E-state index >= 15 is 0 Å². The Bertz CT molecular complexity index is 591. The SMILES string of the molecule is C=C(C)C(=O)O[C@@H]1[C@H](CO)CCC/C=C(/CO)C[C@H]2OC(=O)C(=C)[C@H]12. The highest BCUT2D eigenvalue weighted by Crippen LogP contribution is 2.39. The van der Waals surface area contributed by atoms with Crippen molar-refractivity contribution < 1.29 is 29.3 Å². The highest BCUT2D eigenvalue weighted by atomic mass is 16.6. The molecule has 0 bridgehead atoms. The first-order valence-corrected chi connectivity index (χ1v) is 8.54. The molecule has 2 aliphatic rings. The largest absolute Gasteiger partial charge is 0.458 e. The Kier molecular flexibility index (Phi) is 6.56.